The molecule has 0 atom stereocenters. The minimum absolute atomic E-state index is 0.00933. The van der Waals surface area contributed by atoms with Gasteiger partial charge in [-0.25, -0.2) is 13.2 Å². The van der Waals surface area contributed by atoms with Gasteiger partial charge in [0.05, 0.1) is 30.4 Å². The van der Waals surface area contributed by atoms with Gasteiger partial charge in [-0.1, -0.05) is 24.3 Å². The fraction of sp³-hybridized carbons (Fsp3) is 0.227. The van der Waals surface area contributed by atoms with E-state index >= 15 is 0 Å². The Bertz CT molecular complexity index is 1250. The highest BCUT2D eigenvalue weighted by Crippen LogP contribution is 2.27. The first-order valence-electron chi connectivity index (χ1n) is 10.1. The van der Waals surface area contributed by atoms with Crippen LogP contribution in [0.25, 0.3) is 6.08 Å². The summed E-state index contributed by atoms with van der Waals surface area (Å²) in [5.74, 6) is -0.731. The largest absolute Gasteiger partial charge is 0.504 e. The number of carbonyl (C=O) groups is 1. The summed E-state index contributed by atoms with van der Waals surface area (Å²) in [6.07, 6.45) is 3.57. The summed E-state index contributed by atoms with van der Waals surface area (Å²) < 4.78 is 45.2. The molecule has 11 nitrogen and oxygen atoms in total. The van der Waals surface area contributed by atoms with Gasteiger partial charge < -0.3 is 24.5 Å². The van der Waals surface area contributed by atoms with Gasteiger partial charge >= 0.3 is 16.9 Å². The first-order chi connectivity index (χ1) is 16.3. The van der Waals surface area contributed by atoms with Gasteiger partial charge in [0.1, 0.15) is 0 Å². The number of nitrogens with zero attached hydrogens (tertiary/aromatic N) is 2. The SMILES string of the molecule is COc1cc(/C=C/C(=O)OCCCCOc2no[n+]([O-])c2S(=O)(=O)c2ccccc2)ccc1O. The molecule has 1 N–H and O–H groups in total. The molecule has 0 aliphatic rings. The Kier molecular flexibility index (Phi) is 8.09. The average molecular weight is 490 g/mol. The smallest absolute Gasteiger partial charge is 0.414 e. The summed E-state index contributed by atoms with van der Waals surface area (Å²) in [5, 5.41) is 24.0. The lowest BCUT2D eigenvalue weighted by Gasteiger charge is -2.05. The van der Waals surface area contributed by atoms with E-state index in [4.69, 9.17) is 14.2 Å². The van der Waals surface area contributed by atoms with E-state index in [2.05, 4.69) is 9.79 Å². The van der Waals surface area contributed by atoms with Crippen LogP contribution in [0.15, 0.2) is 69.2 Å². The molecule has 2 aromatic carbocycles. The number of hydrogen-bond acceptors (Lipinski definition) is 10. The Morgan fingerprint density at radius 1 is 1.18 bits per heavy atom. The lowest BCUT2D eigenvalue weighted by Crippen LogP contribution is -2.31. The van der Waals surface area contributed by atoms with Crippen LogP contribution in [0.1, 0.15) is 18.4 Å². The normalized spacial score (nSPS) is 11.4. The molecule has 1 heterocycles. The van der Waals surface area contributed by atoms with Gasteiger partial charge in [0, 0.05) is 6.08 Å². The number of aromatic hydroxyl groups is 1. The van der Waals surface area contributed by atoms with E-state index in [1.165, 1.54) is 49.6 Å². The van der Waals surface area contributed by atoms with Crippen molar-refractivity contribution < 1.29 is 42.1 Å². The molecule has 0 bridgehead atoms. The second-order valence-corrected chi connectivity index (χ2v) is 8.71. The zero-order chi connectivity index (χ0) is 24.6. The molecule has 34 heavy (non-hydrogen) atoms. The van der Waals surface area contributed by atoms with Gasteiger partial charge in [0.2, 0.25) is 0 Å². The zero-order valence-corrected chi connectivity index (χ0v) is 18.9. The lowest BCUT2D eigenvalue weighted by atomic mass is 10.2. The van der Waals surface area contributed by atoms with Gasteiger partial charge in [-0.2, -0.15) is 0 Å². The minimum atomic E-state index is -4.18. The van der Waals surface area contributed by atoms with Crippen LogP contribution in [0.2, 0.25) is 0 Å². The van der Waals surface area contributed by atoms with Crippen LogP contribution in [0.5, 0.6) is 17.4 Å². The second-order valence-electron chi connectivity index (χ2n) is 6.84. The van der Waals surface area contributed by atoms with E-state index in [0.29, 0.717) is 18.4 Å². The Balaban J connectivity index is 1.45. The number of phenols is 1. The Hall–Kier alpha value is -4.06. The van der Waals surface area contributed by atoms with E-state index < -0.39 is 26.7 Å². The topological polar surface area (TPSA) is 152 Å². The van der Waals surface area contributed by atoms with Crippen molar-refractivity contribution in [3.63, 3.8) is 0 Å². The summed E-state index contributed by atoms with van der Waals surface area (Å²) >= 11 is 0. The number of rotatable bonds is 11. The number of aromatic nitrogens is 2. The van der Waals surface area contributed by atoms with Gasteiger partial charge in [-0.3, -0.25) is 4.63 Å². The van der Waals surface area contributed by atoms with E-state index in [1.54, 1.807) is 18.2 Å². The predicted molar refractivity (Wildman–Crippen MR) is 117 cm³/mol. The van der Waals surface area contributed by atoms with Crippen LogP contribution in [-0.4, -0.2) is 45.0 Å². The number of phenolic OH excluding ortho intramolecular Hbond substituents is 1. The molecule has 12 heteroatoms. The molecule has 0 saturated heterocycles. The third-order valence-electron chi connectivity index (χ3n) is 4.49. The highest BCUT2D eigenvalue weighted by Gasteiger charge is 2.35. The van der Waals surface area contributed by atoms with Gasteiger partial charge in [-0.05, 0) is 53.6 Å². The molecule has 0 fully saturated rings. The predicted octanol–water partition coefficient (Wildman–Crippen LogP) is 2.27. The standard InChI is InChI=1S/C22H22N2O9S/c1-30-19-15-16(9-11-18(19)25)10-12-20(26)31-13-5-6-14-32-21-22(24(27)33-23-21)34(28,29)17-7-3-2-4-8-17/h2-4,7-12,15,25H,5-6,13-14H2,1H3/b12-10+. The monoisotopic (exact) mass is 490 g/mol. The Morgan fingerprint density at radius 3 is 2.65 bits per heavy atom. The molecule has 0 aliphatic heterocycles. The van der Waals surface area contributed by atoms with E-state index in [-0.39, 0.29) is 34.5 Å². The number of unbranched alkanes of at least 4 members (excludes halogenated alkanes) is 1. The molecule has 1 aromatic heterocycles. The summed E-state index contributed by atoms with van der Waals surface area (Å²) in [5.41, 5.74) is 0.643. The maximum Gasteiger partial charge on any atom is 0.414 e. The number of sulfone groups is 1. The summed E-state index contributed by atoms with van der Waals surface area (Å²) in [7, 11) is -2.76. The number of hydrogen-bond donors (Lipinski definition) is 1. The molecule has 0 unspecified atom stereocenters. The maximum absolute atomic E-state index is 12.7. The van der Waals surface area contributed by atoms with Crippen molar-refractivity contribution in [2.75, 3.05) is 20.3 Å². The molecule has 0 amide bonds. The number of carbonyl (C=O) groups excluding carboxylic acids is 1. The number of esters is 1. The van der Waals surface area contributed by atoms with Crippen molar-refractivity contribution in [1.29, 1.82) is 0 Å². The Morgan fingerprint density at radius 2 is 1.91 bits per heavy atom. The molecular formula is C22H22N2O9S. The minimum Gasteiger partial charge on any atom is -0.504 e. The summed E-state index contributed by atoms with van der Waals surface area (Å²) in [6.45, 7) is 0.117. The molecule has 0 saturated carbocycles. The zero-order valence-electron chi connectivity index (χ0n) is 18.1. The third kappa shape index (κ3) is 6.04. The highest BCUT2D eigenvalue weighted by atomic mass is 32.2. The van der Waals surface area contributed by atoms with Crippen molar-refractivity contribution in [2.45, 2.75) is 22.8 Å². The molecule has 0 radical (unpaired) electrons. The van der Waals surface area contributed by atoms with Gasteiger partial charge in [0.25, 0.3) is 9.84 Å². The molecule has 180 valence electrons. The maximum atomic E-state index is 12.7. The van der Waals surface area contributed by atoms with Crippen LogP contribution in [0, 0.1) is 5.21 Å². The summed E-state index contributed by atoms with van der Waals surface area (Å²) in [6, 6.07) is 12.0. The van der Waals surface area contributed by atoms with Crippen LogP contribution in [0.4, 0.5) is 0 Å². The van der Waals surface area contributed by atoms with E-state index in [1.807, 2.05) is 0 Å². The first kappa shape index (κ1) is 24.6. The van der Waals surface area contributed by atoms with Gasteiger partial charge in [-0.15, -0.1) is 0 Å². The Labute approximate surface area is 195 Å². The fourth-order valence-electron chi connectivity index (χ4n) is 2.80. The van der Waals surface area contributed by atoms with Crippen LogP contribution < -0.4 is 14.4 Å². The van der Waals surface area contributed by atoms with Crippen molar-refractivity contribution in [3.05, 3.63) is 65.4 Å². The molecule has 3 aromatic rings. The van der Waals surface area contributed by atoms with Crippen molar-refractivity contribution >= 4 is 21.9 Å². The van der Waals surface area contributed by atoms with Gasteiger partial charge in [0.15, 0.2) is 11.5 Å². The van der Waals surface area contributed by atoms with Crippen molar-refractivity contribution in [3.8, 4) is 17.4 Å². The highest BCUT2D eigenvalue weighted by molar-refractivity contribution is 7.91. The molecule has 0 aliphatic carbocycles. The third-order valence-corrected chi connectivity index (χ3v) is 6.22. The quantitative estimate of drug-likeness (QED) is 0.183. The number of benzene rings is 2. The van der Waals surface area contributed by atoms with Crippen molar-refractivity contribution in [2.24, 2.45) is 0 Å². The fourth-order valence-corrected chi connectivity index (χ4v) is 4.09. The van der Waals surface area contributed by atoms with Crippen LogP contribution in [-0.2, 0) is 19.4 Å². The summed E-state index contributed by atoms with van der Waals surface area (Å²) in [4.78, 5) is 11.5. The molecule has 0 spiro atoms. The first-order valence-corrected chi connectivity index (χ1v) is 11.6. The molecular weight excluding hydrogens is 468 g/mol. The van der Waals surface area contributed by atoms with Crippen LogP contribution in [0.3, 0.4) is 0 Å². The molecule has 3 rings (SSSR count). The number of ether oxygens (including phenoxy) is 3. The van der Waals surface area contributed by atoms with Crippen molar-refractivity contribution in [1.82, 2.24) is 5.16 Å². The number of methoxy groups -OCH3 is 1. The van der Waals surface area contributed by atoms with Crippen LogP contribution >= 0.6 is 0 Å². The van der Waals surface area contributed by atoms with E-state index in [0.717, 1.165) is 0 Å². The van der Waals surface area contributed by atoms with E-state index in [9.17, 15) is 23.5 Å². The lowest BCUT2D eigenvalue weighted by molar-refractivity contribution is -0.832. The average Bonchev–Trinajstić information content (AvgIpc) is 3.22. The second kappa shape index (κ2) is 11.2.